The second-order valence-electron chi connectivity index (χ2n) is 6.32. The van der Waals surface area contributed by atoms with Gasteiger partial charge in [-0.05, 0) is 42.5 Å². The minimum absolute atomic E-state index is 0.000454. The number of hydrogen-bond donors (Lipinski definition) is 2. The van der Waals surface area contributed by atoms with Gasteiger partial charge in [0.25, 0.3) is 5.91 Å². The lowest BCUT2D eigenvalue weighted by molar-refractivity contribution is -0.125. The van der Waals surface area contributed by atoms with Crippen LogP contribution in [0.2, 0.25) is 0 Å². The Balaban J connectivity index is 1.71. The van der Waals surface area contributed by atoms with Crippen molar-refractivity contribution in [1.29, 1.82) is 0 Å². The van der Waals surface area contributed by atoms with Gasteiger partial charge in [-0.3, -0.25) is 9.59 Å². The molecular weight excluding hydrogens is 422 g/mol. The van der Waals surface area contributed by atoms with Crippen molar-refractivity contribution < 1.29 is 23.5 Å². The van der Waals surface area contributed by atoms with Crippen LogP contribution < -0.4 is 5.32 Å². The lowest BCUT2D eigenvalue weighted by atomic mass is 10.1. The van der Waals surface area contributed by atoms with Gasteiger partial charge in [0.15, 0.2) is 0 Å². The van der Waals surface area contributed by atoms with Crippen LogP contribution in [0, 0.1) is 11.6 Å². The Labute approximate surface area is 163 Å². The Morgan fingerprint density at radius 3 is 2.59 bits per heavy atom. The molecule has 0 saturated carbocycles. The van der Waals surface area contributed by atoms with E-state index < -0.39 is 35.6 Å². The first-order chi connectivity index (χ1) is 12.8. The highest BCUT2D eigenvalue weighted by molar-refractivity contribution is 9.10. The maximum atomic E-state index is 13.8. The number of benzene rings is 2. The number of rotatable bonds is 4. The molecule has 0 unspecified atom stereocenters. The number of nitrogens with one attached hydrogen (secondary N) is 1. The number of carbonyl (C=O) groups excluding carboxylic acids is 2. The topological polar surface area (TPSA) is 69.6 Å². The van der Waals surface area contributed by atoms with Gasteiger partial charge in [0.05, 0.1) is 6.10 Å². The molecule has 2 aromatic rings. The predicted molar refractivity (Wildman–Crippen MR) is 97.8 cm³/mol. The van der Waals surface area contributed by atoms with Crippen molar-refractivity contribution in [1.82, 2.24) is 10.2 Å². The van der Waals surface area contributed by atoms with Gasteiger partial charge in [0, 0.05) is 35.1 Å². The van der Waals surface area contributed by atoms with Gasteiger partial charge in [0.2, 0.25) is 5.91 Å². The van der Waals surface area contributed by atoms with Crippen LogP contribution in [0.3, 0.4) is 0 Å². The summed E-state index contributed by atoms with van der Waals surface area (Å²) in [6, 6.07) is 8.48. The van der Waals surface area contributed by atoms with Crippen molar-refractivity contribution in [2.75, 3.05) is 6.54 Å². The van der Waals surface area contributed by atoms with Crippen LogP contribution in [0.5, 0.6) is 0 Å². The molecule has 0 bridgehead atoms. The summed E-state index contributed by atoms with van der Waals surface area (Å²) < 4.78 is 27.5. The zero-order valence-corrected chi connectivity index (χ0v) is 15.7. The van der Waals surface area contributed by atoms with E-state index in [9.17, 15) is 23.5 Å². The maximum Gasteiger partial charge on any atom is 0.254 e. The number of carbonyl (C=O) groups is 2. The smallest absolute Gasteiger partial charge is 0.254 e. The van der Waals surface area contributed by atoms with Crippen molar-refractivity contribution >= 4 is 27.7 Å². The largest absolute Gasteiger partial charge is 0.391 e. The number of aliphatic hydroxyl groups excluding tert-OH is 1. The molecule has 5 nitrogen and oxygen atoms in total. The molecule has 0 aromatic heterocycles. The molecule has 0 spiro atoms. The first-order valence-corrected chi connectivity index (χ1v) is 9.10. The number of hydrogen-bond acceptors (Lipinski definition) is 3. The second kappa shape index (κ2) is 8.14. The Bertz CT molecular complexity index is 861. The fourth-order valence-corrected chi connectivity index (χ4v) is 3.43. The molecule has 1 heterocycles. The summed E-state index contributed by atoms with van der Waals surface area (Å²) >= 11 is 3.25. The fourth-order valence-electron chi connectivity index (χ4n) is 3.02. The van der Waals surface area contributed by atoms with Crippen LogP contribution >= 0.6 is 15.9 Å². The van der Waals surface area contributed by atoms with Crippen molar-refractivity contribution in [3.63, 3.8) is 0 Å². The number of amides is 2. The highest BCUT2D eigenvalue weighted by Gasteiger charge is 2.39. The Morgan fingerprint density at radius 2 is 1.89 bits per heavy atom. The minimum Gasteiger partial charge on any atom is -0.391 e. The molecule has 0 radical (unpaired) electrons. The molecule has 0 aliphatic carbocycles. The molecule has 27 heavy (non-hydrogen) atoms. The van der Waals surface area contributed by atoms with Crippen LogP contribution in [-0.2, 0) is 11.3 Å². The lowest BCUT2D eigenvalue weighted by Crippen LogP contribution is -2.45. The average Bonchev–Trinajstić information content (AvgIpc) is 3.04. The molecule has 2 amide bonds. The third kappa shape index (κ3) is 4.51. The summed E-state index contributed by atoms with van der Waals surface area (Å²) in [5.74, 6) is -1.88. The molecular formula is C19H17BrF2N2O3. The van der Waals surface area contributed by atoms with E-state index >= 15 is 0 Å². The van der Waals surface area contributed by atoms with Gasteiger partial charge in [0.1, 0.15) is 17.7 Å². The molecule has 1 aliphatic heterocycles. The highest BCUT2D eigenvalue weighted by Crippen LogP contribution is 2.22. The molecule has 2 N–H and O–H groups in total. The summed E-state index contributed by atoms with van der Waals surface area (Å²) in [7, 11) is 0. The van der Waals surface area contributed by atoms with Crippen LogP contribution in [0.1, 0.15) is 22.3 Å². The molecule has 2 aromatic carbocycles. The number of β-amino-alcohol motifs (C(OH)–C–C–N with tert-alkyl or cyclic N) is 1. The normalized spacial score (nSPS) is 19.2. The first kappa shape index (κ1) is 19.4. The summed E-state index contributed by atoms with van der Waals surface area (Å²) in [6.45, 7) is -0.0468. The summed E-state index contributed by atoms with van der Waals surface area (Å²) in [4.78, 5) is 26.4. The molecule has 8 heteroatoms. The zero-order valence-electron chi connectivity index (χ0n) is 14.2. The molecule has 1 saturated heterocycles. The molecule has 142 valence electrons. The summed E-state index contributed by atoms with van der Waals surface area (Å²) in [5, 5.41) is 12.5. The Kier molecular flexibility index (Phi) is 5.86. The SMILES string of the molecule is O=C(NCc1cc(Br)ccc1F)[C@@H]1C[C@@H](O)CN1C(=O)c1ccc(F)cc1. The average molecular weight is 439 g/mol. The van der Waals surface area contributed by atoms with Crippen LogP contribution in [0.25, 0.3) is 0 Å². The standard InChI is InChI=1S/C19H17BrF2N2O3/c20-13-3-6-16(22)12(7-13)9-23-18(26)17-8-15(25)10-24(17)19(27)11-1-4-14(21)5-2-11/h1-7,15,17,25H,8-10H2,(H,23,26)/t15-,17+/m1/s1. The van der Waals surface area contributed by atoms with Crippen LogP contribution in [-0.4, -0.2) is 40.5 Å². The van der Waals surface area contributed by atoms with Gasteiger partial charge >= 0.3 is 0 Å². The van der Waals surface area contributed by atoms with E-state index in [-0.39, 0.29) is 25.1 Å². The second-order valence-corrected chi connectivity index (χ2v) is 7.24. The van der Waals surface area contributed by atoms with Crippen molar-refractivity contribution in [2.45, 2.75) is 25.1 Å². The third-order valence-electron chi connectivity index (χ3n) is 4.39. The predicted octanol–water partition coefficient (Wildman–Crippen LogP) is 2.62. The quantitative estimate of drug-likeness (QED) is 0.770. The molecule has 2 atom stereocenters. The fraction of sp³-hybridized carbons (Fsp3) is 0.263. The number of nitrogens with zero attached hydrogens (tertiary/aromatic N) is 1. The number of aliphatic hydroxyl groups is 1. The number of halogens is 3. The van der Waals surface area contributed by atoms with Gasteiger partial charge < -0.3 is 15.3 Å². The van der Waals surface area contributed by atoms with E-state index in [1.165, 1.54) is 23.1 Å². The summed E-state index contributed by atoms with van der Waals surface area (Å²) in [5.41, 5.74) is 0.522. The van der Waals surface area contributed by atoms with E-state index in [1.54, 1.807) is 12.1 Å². The molecule has 3 rings (SSSR count). The molecule has 1 fully saturated rings. The van der Waals surface area contributed by atoms with Crippen LogP contribution in [0.4, 0.5) is 8.78 Å². The molecule has 1 aliphatic rings. The van der Waals surface area contributed by atoms with E-state index in [4.69, 9.17) is 0 Å². The zero-order chi connectivity index (χ0) is 19.6. The van der Waals surface area contributed by atoms with Crippen molar-refractivity contribution in [3.8, 4) is 0 Å². The van der Waals surface area contributed by atoms with E-state index in [1.807, 2.05) is 0 Å². The maximum absolute atomic E-state index is 13.8. The van der Waals surface area contributed by atoms with Gasteiger partial charge in [-0.15, -0.1) is 0 Å². The van der Waals surface area contributed by atoms with Gasteiger partial charge in [-0.1, -0.05) is 15.9 Å². The van der Waals surface area contributed by atoms with E-state index in [2.05, 4.69) is 21.2 Å². The van der Waals surface area contributed by atoms with Crippen molar-refractivity contribution in [2.24, 2.45) is 0 Å². The van der Waals surface area contributed by atoms with E-state index in [0.717, 1.165) is 12.1 Å². The third-order valence-corrected chi connectivity index (χ3v) is 4.89. The number of likely N-dealkylation sites (tertiary alicyclic amines) is 1. The summed E-state index contributed by atoms with van der Waals surface area (Å²) in [6.07, 6.45) is -0.757. The van der Waals surface area contributed by atoms with E-state index in [0.29, 0.717) is 10.0 Å². The minimum atomic E-state index is -0.882. The highest BCUT2D eigenvalue weighted by atomic mass is 79.9. The lowest BCUT2D eigenvalue weighted by Gasteiger charge is -2.24. The van der Waals surface area contributed by atoms with Crippen LogP contribution in [0.15, 0.2) is 46.9 Å². The first-order valence-electron chi connectivity index (χ1n) is 8.31. The Hall–Kier alpha value is -2.32. The Morgan fingerprint density at radius 1 is 1.19 bits per heavy atom. The monoisotopic (exact) mass is 438 g/mol. The van der Waals surface area contributed by atoms with Crippen molar-refractivity contribution in [3.05, 3.63) is 69.7 Å². The van der Waals surface area contributed by atoms with Gasteiger partial charge in [-0.2, -0.15) is 0 Å². The van der Waals surface area contributed by atoms with Gasteiger partial charge in [-0.25, -0.2) is 8.78 Å².